The molecule has 3 heterocycles. The van der Waals surface area contributed by atoms with Crippen LogP contribution in [0.25, 0.3) is 0 Å². The molecule has 9 heteroatoms. The summed E-state index contributed by atoms with van der Waals surface area (Å²) in [6.07, 6.45) is 0.719. The molecule has 7 atom stereocenters. The second-order valence-electron chi connectivity index (χ2n) is 11.2. The molecule has 0 aliphatic carbocycles. The van der Waals surface area contributed by atoms with Gasteiger partial charge in [0.15, 0.2) is 0 Å². The van der Waals surface area contributed by atoms with Crippen LogP contribution in [-0.4, -0.2) is 75.5 Å². The third-order valence-electron chi connectivity index (χ3n) is 6.70. The number of fused-ring (bicyclic) bond motifs is 1. The van der Waals surface area contributed by atoms with Crippen molar-refractivity contribution < 1.29 is 24.2 Å². The van der Waals surface area contributed by atoms with Crippen LogP contribution in [0.4, 0.5) is 0 Å². The zero-order valence-electron chi connectivity index (χ0n) is 19.5. The Morgan fingerprint density at radius 2 is 1.90 bits per heavy atom. The molecule has 3 fully saturated rings. The minimum Gasteiger partial charge on any atom is -0.394 e. The molecule has 3 N–H and O–H groups in total. The third-order valence-corrected chi connectivity index (χ3v) is 7.54. The quantitative estimate of drug-likeness (QED) is 0.473. The van der Waals surface area contributed by atoms with Gasteiger partial charge in [0, 0.05) is 17.4 Å². The summed E-state index contributed by atoms with van der Waals surface area (Å²) in [6.45, 7) is 11.7. The molecule has 0 saturated carbocycles. The number of rotatable bonds is 6. The molecule has 0 aromatic heterocycles. The molecule has 0 aromatic carbocycles. The van der Waals surface area contributed by atoms with Crippen LogP contribution in [0.15, 0.2) is 0 Å². The lowest BCUT2D eigenvalue weighted by Crippen LogP contribution is -2.61. The fourth-order valence-electron chi connectivity index (χ4n) is 6.17. The summed E-state index contributed by atoms with van der Waals surface area (Å²) in [5, 5.41) is 15.6. The van der Waals surface area contributed by atoms with Crippen LogP contribution in [0.2, 0.25) is 0 Å². The number of ether oxygens (including phenoxy) is 1. The Hall–Kier alpha value is -1.19. The van der Waals surface area contributed by atoms with E-state index < -0.39 is 41.2 Å². The van der Waals surface area contributed by atoms with Gasteiger partial charge >= 0.3 is 0 Å². The summed E-state index contributed by atoms with van der Waals surface area (Å²) in [6, 6.07) is -1.48. The van der Waals surface area contributed by atoms with E-state index in [1.165, 1.54) is 11.9 Å². The van der Waals surface area contributed by atoms with Crippen molar-refractivity contribution in [2.75, 3.05) is 13.7 Å². The number of hydrogen-bond donors (Lipinski definition) is 3. The zero-order valence-corrected chi connectivity index (χ0v) is 21.1. The summed E-state index contributed by atoms with van der Waals surface area (Å²) in [5.41, 5.74) is -1.61. The van der Waals surface area contributed by atoms with Gasteiger partial charge in [0.1, 0.15) is 11.6 Å². The summed E-state index contributed by atoms with van der Waals surface area (Å²) in [4.78, 5) is 41.3. The van der Waals surface area contributed by atoms with Gasteiger partial charge in [0.05, 0.1) is 30.6 Å². The van der Waals surface area contributed by atoms with Crippen LogP contribution in [0.1, 0.15) is 54.4 Å². The maximum Gasteiger partial charge on any atom is 0.246 e. The van der Waals surface area contributed by atoms with Gasteiger partial charge in [-0.15, -0.1) is 0 Å². The Kier molecular flexibility index (Phi) is 6.30. The Balaban J connectivity index is 2.02. The molecule has 8 nitrogen and oxygen atoms in total. The molecule has 1 spiro atoms. The second kappa shape index (κ2) is 7.99. The van der Waals surface area contributed by atoms with Crippen molar-refractivity contribution in [3.8, 4) is 0 Å². The molecule has 2 bridgehead atoms. The van der Waals surface area contributed by atoms with Crippen molar-refractivity contribution in [3.63, 3.8) is 0 Å². The van der Waals surface area contributed by atoms with E-state index in [2.05, 4.69) is 47.3 Å². The average Bonchev–Trinajstić information content (AvgIpc) is 3.21. The highest BCUT2D eigenvalue weighted by molar-refractivity contribution is 9.09. The first-order valence-electron chi connectivity index (χ1n) is 11.0. The predicted molar refractivity (Wildman–Crippen MR) is 119 cm³/mol. The lowest BCUT2D eigenvalue weighted by Gasteiger charge is -2.39. The predicted octanol–water partition coefficient (Wildman–Crippen LogP) is 1.19. The minimum atomic E-state index is -1.10. The van der Waals surface area contributed by atoms with Gasteiger partial charge in [-0.25, -0.2) is 0 Å². The lowest BCUT2D eigenvalue weighted by atomic mass is 9.70. The SMILES string of the molecule is CNC(=O)[C@H]1[C@@H]2OC3(CC2Br)C(C(=O)NC(C)(C)CC(C)(C)C)N([C@H](C)CO)C(=O)[C@H]13. The zero-order chi connectivity index (χ0) is 23.5. The number of aliphatic hydroxyl groups excluding tert-OH is 1. The van der Waals surface area contributed by atoms with Crippen LogP contribution < -0.4 is 10.6 Å². The summed E-state index contributed by atoms with van der Waals surface area (Å²) in [5.74, 6) is -2.29. The number of carbonyl (C=O) groups excluding carboxylic acids is 3. The fourth-order valence-corrected chi connectivity index (χ4v) is 7.11. The number of nitrogens with one attached hydrogen (secondary N) is 2. The van der Waals surface area contributed by atoms with Crippen molar-refractivity contribution in [1.29, 1.82) is 0 Å². The Bertz CT molecular complexity index is 767. The van der Waals surface area contributed by atoms with Crippen LogP contribution in [0, 0.1) is 17.3 Å². The number of halogens is 1. The lowest BCUT2D eigenvalue weighted by molar-refractivity contribution is -0.145. The molecule has 3 unspecified atom stereocenters. The van der Waals surface area contributed by atoms with E-state index in [0.29, 0.717) is 6.42 Å². The van der Waals surface area contributed by atoms with E-state index in [1.54, 1.807) is 6.92 Å². The summed E-state index contributed by atoms with van der Waals surface area (Å²) >= 11 is 3.62. The van der Waals surface area contributed by atoms with Gasteiger partial charge < -0.3 is 25.4 Å². The number of aliphatic hydroxyl groups is 1. The van der Waals surface area contributed by atoms with Gasteiger partial charge in [0.25, 0.3) is 0 Å². The van der Waals surface area contributed by atoms with Crippen molar-refractivity contribution in [2.45, 2.75) is 88.5 Å². The van der Waals surface area contributed by atoms with Gasteiger partial charge in [-0.1, -0.05) is 36.7 Å². The van der Waals surface area contributed by atoms with E-state index in [-0.39, 0.29) is 34.6 Å². The first-order valence-corrected chi connectivity index (χ1v) is 11.9. The van der Waals surface area contributed by atoms with Crippen molar-refractivity contribution in [1.82, 2.24) is 15.5 Å². The Labute approximate surface area is 193 Å². The maximum absolute atomic E-state index is 13.7. The monoisotopic (exact) mass is 501 g/mol. The normalized spacial score (nSPS) is 35.8. The number of nitrogens with zero attached hydrogens (tertiary/aromatic N) is 1. The van der Waals surface area contributed by atoms with E-state index in [9.17, 15) is 19.5 Å². The molecule has 3 amide bonds. The first kappa shape index (κ1) is 24.5. The average molecular weight is 502 g/mol. The minimum absolute atomic E-state index is 0.00521. The molecule has 0 radical (unpaired) electrons. The maximum atomic E-state index is 13.7. The van der Waals surface area contributed by atoms with Crippen LogP contribution >= 0.6 is 15.9 Å². The van der Waals surface area contributed by atoms with Crippen molar-refractivity contribution >= 4 is 33.7 Å². The highest BCUT2D eigenvalue weighted by Crippen LogP contribution is 2.60. The molecule has 0 aromatic rings. The van der Waals surface area contributed by atoms with Gasteiger partial charge in [-0.05, 0) is 39.0 Å². The molecule has 3 aliphatic heterocycles. The van der Waals surface area contributed by atoms with Gasteiger partial charge in [-0.2, -0.15) is 0 Å². The molecule has 3 saturated heterocycles. The van der Waals surface area contributed by atoms with E-state index in [4.69, 9.17) is 4.74 Å². The molecule has 31 heavy (non-hydrogen) atoms. The van der Waals surface area contributed by atoms with E-state index >= 15 is 0 Å². The highest BCUT2D eigenvalue weighted by atomic mass is 79.9. The van der Waals surface area contributed by atoms with E-state index in [0.717, 1.165) is 6.42 Å². The number of hydrogen-bond acceptors (Lipinski definition) is 5. The van der Waals surface area contributed by atoms with Gasteiger partial charge in [0.2, 0.25) is 17.7 Å². The molecule has 3 rings (SSSR count). The largest absolute Gasteiger partial charge is 0.394 e. The van der Waals surface area contributed by atoms with Crippen molar-refractivity contribution in [2.24, 2.45) is 17.3 Å². The standard InChI is InChI=1S/C22H36BrN3O5/c1-11(9-27)26-16(18(29)25-21(5,6)10-20(2,3)4)22-8-12(23)15(31-22)13(17(28)24-7)14(22)19(26)30/h11-16,27H,8-10H2,1-7H3,(H,24,28)(H,25,29)/t11-,12?,13-,14+,15-,16?,22?/m1/s1. The summed E-state index contributed by atoms with van der Waals surface area (Å²) < 4.78 is 6.36. The van der Waals surface area contributed by atoms with E-state index in [1.807, 2.05) is 13.8 Å². The van der Waals surface area contributed by atoms with Gasteiger partial charge in [-0.3, -0.25) is 14.4 Å². The topological polar surface area (TPSA) is 108 Å². The van der Waals surface area contributed by atoms with Crippen LogP contribution in [-0.2, 0) is 19.1 Å². The first-order chi connectivity index (χ1) is 14.2. The number of likely N-dealkylation sites (tertiary alicyclic amines) is 1. The smallest absolute Gasteiger partial charge is 0.246 e. The third kappa shape index (κ3) is 4.02. The Morgan fingerprint density at radius 1 is 1.29 bits per heavy atom. The fraction of sp³-hybridized carbons (Fsp3) is 0.864. The Morgan fingerprint density at radius 3 is 2.42 bits per heavy atom. The van der Waals surface area contributed by atoms with Crippen LogP contribution in [0.5, 0.6) is 0 Å². The number of alkyl halides is 1. The molecular weight excluding hydrogens is 466 g/mol. The second-order valence-corrected chi connectivity index (χ2v) is 12.3. The molecule has 176 valence electrons. The van der Waals surface area contributed by atoms with Crippen molar-refractivity contribution in [3.05, 3.63) is 0 Å². The summed E-state index contributed by atoms with van der Waals surface area (Å²) in [7, 11) is 1.54. The number of amides is 3. The molecular formula is C22H36BrN3O5. The molecule has 3 aliphatic rings. The van der Waals surface area contributed by atoms with Crippen LogP contribution in [0.3, 0.4) is 0 Å². The highest BCUT2D eigenvalue weighted by Gasteiger charge is 2.76. The number of carbonyl (C=O) groups is 3.